The van der Waals surface area contributed by atoms with Gasteiger partial charge in [-0.25, -0.2) is 0 Å². The molecule has 0 aromatic heterocycles. The predicted octanol–water partition coefficient (Wildman–Crippen LogP) is 3.71. The maximum atomic E-state index is 12.5. The van der Waals surface area contributed by atoms with Crippen molar-refractivity contribution in [3.05, 3.63) is 65.2 Å². The van der Waals surface area contributed by atoms with Gasteiger partial charge in [-0.3, -0.25) is 4.79 Å². The van der Waals surface area contributed by atoms with Crippen LogP contribution in [0.4, 0.5) is 11.4 Å². The summed E-state index contributed by atoms with van der Waals surface area (Å²) in [6.45, 7) is 3.08. The lowest BCUT2D eigenvalue weighted by atomic mass is 10.2. The molecule has 0 saturated carbocycles. The fourth-order valence-corrected chi connectivity index (χ4v) is 3.49. The molecule has 2 N–H and O–H groups in total. The van der Waals surface area contributed by atoms with Crippen LogP contribution in [-0.2, 0) is 4.79 Å². The van der Waals surface area contributed by atoms with Crippen LogP contribution in [0.2, 0.25) is 5.02 Å². The van der Waals surface area contributed by atoms with Crippen LogP contribution in [0.3, 0.4) is 0 Å². The first-order valence-electron chi connectivity index (χ1n) is 9.61. The van der Waals surface area contributed by atoms with Gasteiger partial charge in [0.1, 0.15) is 0 Å². The molecule has 1 saturated heterocycles. The zero-order valence-corrected chi connectivity index (χ0v) is 17.6. The fourth-order valence-electron chi connectivity index (χ4n) is 3.21. The average Bonchev–Trinajstić information content (AvgIpc) is 2.76. The highest BCUT2D eigenvalue weighted by Crippen LogP contribution is 2.30. The van der Waals surface area contributed by atoms with Gasteiger partial charge in [0, 0.05) is 43.8 Å². The SMILES string of the molecule is O=C(C=Cc1ccccc1)N1CCN(c2ccc(Cl)cc2NCC(O)CCl)CC1. The summed E-state index contributed by atoms with van der Waals surface area (Å²) in [6, 6.07) is 15.5. The second kappa shape index (κ2) is 10.5. The van der Waals surface area contributed by atoms with E-state index in [4.69, 9.17) is 23.2 Å². The molecule has 1 unspecified atom stereocenters. The monoisotopic (exact) mass is 433 g/mol. The fraction of sp³-hybridized carbons (Fsp3) is 0.318. The normalized spacial score (nSPS) is 15.6. The van der Waals surface area contributed by atoms with E-state index in [2.05, 4.69) is 10.2 Å². The molecular weight excluding hydrogens is 409 g/mol. The van der Waals surface area contributed by atoms with Crippen LogP contribution in [-0.4, -0.2) is 60.6 Å². The quantitative estimate of drug-likeness (QED) is 0.516. The standard InChI is InChI=1S/C22H25Cl2N3O2/c23-15-19(28)16-25-20-14-18(24)7-8-21(20)26-10-12-27(13-11-26)22(29)9-6-17-4-2-1-3-5-17/h1-9,14,19,25,28H,10-13,15-16H2. The molecule has 2 aromatic rings. The summed E-state index contributed by atoms with van der Waals surface area (Å²) < 4.78 is 0. The van der Waals surface area contributed by atoms with E-state index in [1.807, 2.05) is 59.5 Å². The van der Waals surface area contributed by atoms with Crippen molar-refractivity contribution in [2.45, 2.75) is 6.10 Å². The van der Waals surface area contributed by atoms with Crippen molar-refractivity contribution >= 4 is 46.6 Å². The van der Waals surface area contributed by atoms with Gasteiger partial charge in [-0.05, 0) is 29.8 Å². The molecule has 1 aliphatic heterocycles. The molecule has 154 valence electrons. The Bertz CT molecular complexity index is 837. The third-order valence-electron chi connectivity index (χ3n) is 4.81. The highest BCUT2D eigenvalue weighted by atomic mass is 35.5. The third-order valence-corrected chi connectivity index (χ3v) is 5.41. The first kappa shape index (κ1) is 21.5. The topological polar surface area (TPSA) is 55.8 Å². The van der Waals surface area contributed by atoms with Gasteiger partial charge < -0.3 is 20.2 Å². The largest absolute Gasteiger partial charge is 0.390 e. The van der Waals surface area contributed by atoms with Gasteiger partial charge in [0.05, 0.1) is 23.4 Å². The molecule has 5 nitrogen and oxygen atoms in total. The van der Waals surface area contributed by atoms with Gasteiger partial charge in [0.25, 0.3) is 0 Å². The highest BCUT2D eigenvalue weighted by Gasteiger charge is 2.21. The smallest absolute Gasteiger partial charge is 0.246 e. The molecule has 1 heterocycles. The van der Waals surface area contributed by atoms with Crippen LogP contribution in [0, 0.1) is 0 Å². The number of carbonyl (C=O) groups is 1. The third kappa shape index (κ3) is 6.13. The number of halogens is 2. The lowest BCUT2D eigenvalue weighted by Gasteiger charge is -2.36. The Morgan fingerprint density at radius 1 is 1.14 bits per heavy atom. The van der Waals surface area contributed by atoms with E-state index in [1.165, 1.54) is 0 Å². The molecule has 0 aliphatic carbocycles. The molecule has 0 spiro atoms. The summed E-state index contributed by atoms with van der Waals surface area (Å²) in [5.74, 6) is 0.188. The van der Waals surface area contributed by atoms with Crippen LogP contribution in [0.1, 0.15) is 5.56 Å². The number of rotatable bonds is 7. The number of aliphatic hydroxyl groups is 1. The minimum atomic E-state index is -0.630. The minimum absolute atomic E-state index is 0.0215. The number of aliphatic hydroxyl groups excluding tert-OH is 1. The van der Waals surface area contributed by atoms with E-state index in [0.717, 1.165) is 30.0 Å². The zero-order valence-electron chi connectivity index (χ0n) is 16.1. The van der Waals surface area contributed by atoms with E-state index in [0.29, 0.717) is 24.7 Å². The maximum absolute atomic E-state index is 12.5. The summed E-state index contributed by atoms with van der Waals surface area (Å²) in [6.07, 6.45) is 2.85. The highest BCUT2D eigenvalue weighted by molar-refractivity contribution is 6.31. The molecule has 1 atom stereocenters. The molecule has 29 heavy (non-hydrogen) atoms. The second-order valence-electron chi connectivity index (χ2n) is 6.91. The Balaban J connectivity index is 1.60. The summed E-state index contributed by atoms with van der Waals surface area (Å²) in [7, 11) is 0. The lowest BCUT2D eigenvalue weighted by molar-refractivity contribution is -0.126. The van der Waals surface area contributed by atoms with Gasteiger partial charge >= 0.3 is 0 Å². The number of nitrogens with one attached hydrogen (secondary N) is 1. The minimum Gasteiger partial charge on any atom is -0.390 e. The van der Waals surface area contributed by atoms with Crippen molar-refractivity contribution in [1.82, 2.24) is 4.90 Å². The molecule has 1 fully saturated rings. The number of alkyl halides is 1. The van der Waals surface area contributed by atoms with Gasteiger partial charge in [-0.2, -0.15) is 0 Å². The van der Waals surface area contributed by atoms with Gasteiger partial charge in [0.15, 0.2) is 0 Å². The van der Waals surface area contributed by atoms with Crippen molar-refractivity contribution in [3.63, 3.8) is 0 Å². The summed E-state index contributed by atoms with van der Waals surface area (Å²) >= 11 is 11.8. The Morgan fingerprint density at radius 3 is 2.55 bits per heavy atom. The van der Waals surface area contributed by atoms with Crippen LogP contribution in [0.25, 0.3) is 6.08 Å². The summed E-state index contributed by atoms with van der Waals surface area (Å²) in [4.78, 5) is 16.6. The summed E-state index contributed by atoms with van der Waals surface area (Å²) in [5, 5.41) is 13.6. The van der Waals surface area contributed by atoms with E-state index in [-0.39, 0.29) is 11.8 Å². The average molecular weight is 434 g/mol. The second-order valence-corrected chi connectivity index (χ2v) is 7.65. The number of hydrogen-bond acceptors (Lipinski definition) is 4. The molecular formula is C22H25Cl2N3O2. The van der Waals surface area contributed by atoms with Gasteiger partial charge in [-0.15, -0.1) is 11.6 Å². The number of benzene rings is 2. The number of anilines is 2. The first-order valence-corrected chi connectivity index (χ1v) is 10.5. The summed E-state index contributed by atoms with van der Waals surface area (Å²) in [5.41, 5.74) is 2.86. The van der Waals surface area contributed by atoms with E-state index in [9.17, 15) is 9.90 Å². The molecule has 3 rings (SSSR count). The zero-order chi connectivity index (χ0) is 20.6. The van der Waals surface area contributed by atoms with Crippen molar-refractivity contribution in [1.29, 1.82) is 0 Å². The number of amides is 1. The molecule has 1 amide bonds. The van der Waals surface area contributed by atoms with E-state index >= 15 is 0 Å². The Morgan fingerprint density at radius 2 is 1.86 bits per heavy atom. The number of nitrogens with zero attached hydrogens (tertiary/aromatic N) is 2. The number of carbonyl (C=O) groups excluding carboxylic acids is 1. The Hall–Kier alpha value is -2.21. The van der Waals surface area contributed by atoms with Crippen molar-refractivity contribution < 1.29 is 9.90 Å². The maximum Gasteiger partial charge on any atom is 0.246 e. The van der Waals surface area contributed by atoms with Crippen molar-refractivity contribution in [2.75, 3.05) is 48.8 Å². The molecule has 7 heteroatoms. The van der Waals surface area contributed by atoms with Crippen LogP contribution < -0.4 is 10.2 Å². The van der Waals surface area contributed by atoms with Crippen molar-refractivity contribution in [2.24, 2.45) is 0 Å². The Labute approximate surface area is 181 Å². The first-order chi connectivity index (χ1) is 14.1. The number of piperazine rings is 1. The van der Waals surface area contributed by atoms with Crippen LogP contribution in [0.15, 0.2) is 54.6 Å². The van der Waals surface area contributed by atoms with E-state index in [1.54, 1.807) is 6.08 Å². The Kier molecular flexibility index (Phi) is 7.81. The molecule has 0 radical (unpaired) electrons. The molecule has 0 bridgehead atoms. The van der Waals surface area contributed by atoms with Gasteiger partial charge in [-0.1, -0.05) is 41.9 Å². The number of hydrogen-bond donors (Lipinski definition) is 2. The van der Waals surface area contributed by atoms with Gasteiger partial charge in [0.2, 0.25) is 5.91 Å². The predicted molar refractivity (Wildman–Crippen MR) is 121 cm³/mol. The van der Waals surface area contributed by atoms with Crippen molar-refractivity contribution in [3.8, 4) is 0 Å². The van der Waals surface area contributed by atoms with Crippen LogP contribution in [0.5, 0.6) is 0 Å². The lowest BCUT2D eigenvalue weighted by Crippen LogP contribution is -2.48. The van der Waals surface area contributed by atoms with Crippen LogP contribution >= 0.6 is 23.2 Å². The van der Waals surface area contributed by atoms with E-state index < -0.39 is 6.10 Å². The molecule has 2 aromatic carbocycles. The molecule has 1 aliphatic rings.